The van der Waals surface area contributed by atoms with Gasteiger partial charge in [-0.2, -0.15) is 0 Å². The molecule has 1 aliphatic heterocycles. The van der Waals surface area contributed by atoms with E-state index in [2.05, 4.69) is 4.72 Å². The lowest BCUT2D eigenvalue weighted by Gasteiger charge is -2.33. The summed E-state index contributed by atoms with van der Waals surface area (Å²) in [4.78, 5) is 14.5. The molecule has 7 heteroatoms. The van der Waals surface area contributed by atoms with Crippen LogP contribution in [0.4, 0.5) is 0 Å². The first-order valence-electron chi connectivity index (χ1n) is 7.76. The van der Waals surface area contributed by atoms with Crippen molar-refractivity contribution in [1.29, 1.82) is 0 Å². The van der Waals surface area contributed by atoms with Crippen LogP contribution in [0.2, 0.25) is 0 Å². The third kappa shape index (κ3) is 3.50. The molecule has 1 saturated heterocycles. The Morgan fingerprint density at radius 1 is 1.35 bits per heavy atom. The van der Waals surface area contributed by atoms with E-state index in [9.17, 15) is 13.2 Å². The maximum absolute atomic E-state index is 12.7. The Morgan fingerprint density at radius 3 is 2.74 bits per heavy atom. The minimum Gasteiger partial charge on any atom is -0.496 e. The Bertz CT molecular complexity index is 704. The van der Waals surface area contributed by atoms with Crippen LogP contribution in [0.25, 0.3) is 0 Å². The van der Waals surface area contributed by atoms with Gasteiger partial charge in [0.05, 0.1) is 19.8 Å². The van der Waals surface area contributed by atoms with Gasteiger partial charge in [0.25, 0.3) is 0 Å². The van der Waals surface area contributed by atoms with Crippen LogP contribution in [0, 0.1) is 5.92 Å². The van der Waals surface area contributed by atoms with Crippen LogP contribution in [0.1, 0.15) is 18.4 Å². The Balaban J connectivity index is 1.71. The van der Waals surface area contributed by atoms with Crippen LogP contribution in [0.15, 0.2) is 24.3 Å². The summed E-state index contributed by atoms with van der Waals surface area (Å²) in [5.74, 6) is 1.12. The number of carbonyl (C=O) groups excluding carboxylic acids is 1. The number of rotatable bonds is 5. The highest BCUT2D eigenvalue weighted by Crippen LogP contribution is 2.38. The first kappa shape index (κ1) is 16.3. The fourth-order valence-electron chi connectivity index (χ4n) is 3.83. The molecule has 1 aliphatic carbocycles. The van der Waals surface area contributed by atoms with Crippen molar-refractivity contribution >= 4 is 15.9 Å². The van der Waals surface area contributed by atoms with Crippen LogP contribution < -0.4 is 9.46 Å². The second kappa shape index (κ2) is 6.13. The normalized spacial score (nSPS) is 26.5. The van der Waals surface area contributed by atoms with E-state index in [0.717, 1.165) is 24.9 Å². The van der Waals surface area contributed by atoms with E-state index in [0.29, 0.717) is 11.7 Å². The Hall–Kier alpha value is -1.60. The number of hydrogen-bond donors (Lipinski definition) is 1. The molecule has 2 bridgehead atoms. The largest absolute Gasteiger partial charge is 0.496 e. The van der Waals surface area contributed by atoms with E-state index in [4.69, 9.17) is 4.74 Å². The number of sulfonamides is 1. The van der Waals surface area contributed by atoms with Gasteiger partial charge in [-0.3, -0.25) is 4.79 Å². The summed E-state index contributed by atoms with van der Waals surface area (Å²) in [6.45, 7) is 0.723. The lowest BCUT2D eigenvalue weighted by atomic mass is 10.0. The van der Waals surface area contributed by atoms with Crippen LogP contribution in [0.5, 0.6) is 5.75 Å². The molecule has 0 spiro atoms. The number of carbonyl (C=O) groups is 1. The van der Waals surface area contributed by atoms with Crippen molar-refractivity contribution in [2.45, 2.75) is 31.3 Å². The number of likely N-dealkylation sites (tertiary alicyclic amines) is 1. The van der Waals surface area contributed by atoms with Crippen molar-refractivity contribution in [2.24, 2.45) is 5.92 Å². The van der Waals surface area contributed by atoms with E-state index in [1.54, 1.807) is 7.11 Å². The van der Waals surface area contributed by atoms with Crippen molar-refractivity contribution in [3.8, 4) is 5.75 Å². The maximum atomic E-state index is 12.7. The van der Waals surface area contributed by atoms with Crippen molar-refractivity contribution in [1.82, 2.24) is 9.62 Å². The molecular formula is C16H22N2O4S. The number of para-hydroxylation sites is 1. The summed E-state index contributed by atoms with van der Waals surface area (Å²) in [7, 11) is -1.67. The van der Waals surface area contributed by atoms with Gasteiger partial charge in [0.1, 0.15) is 5.75 Å². The first-order valence-corrected chi connectivity index (χ1v) is 9.65. The highest BCUT2D eigenvalue weighted by atomic mass is 32.2. The summed E-state index contributed by atoms with van der Waals surface area (Å²) in [6, 6.07) is 7.29. The first-order chi connectivity index (χ1) is 10.9. The van der Waals surface area contributed by atoms with Crippen LogP contribution in [-0.4, -0.2) is 51.2 Å². The standard InChI is InChI=1S/C16H22N2O4S/c1-22-15-6-4-3-5-12(15)9-16(19)18-10-11-7-13(14(18)8-11)17-23(2,20)21/h3-6,11,13-14,17H,7-10H2,1-2H3/t11-,13+,14-/m1/s1. The van der Waals surface area contributed by atoms with Crippen molar-refractivity contribution < 1.29 is 17.9 Å². The minimum atomic E-state index is -3.26. The van der Waals surface area contributed by atoms with E-state index in [-0.39, 0.29) is 24.4 Å². The van der Waals surface area contributed by atoms with Crippen molar-refractivity contribution in [3.63, 3.8) is 0 Å². The monoisotopic (exact) mass is 338 g/mol. The second-order valence-electron chi connectivity index (χ2n) is 6.44. The fraction of sp³-hybridized carbons (Fsp3) is 0.562. The second-order valence-corrected chi connectivity index (χ2v) is 8.22. The van der Waals surface area contributed by atoms with Crippen LogP contribution in [0.3, 0.4) is 0 Å². The Labute approximate surface area is 136 Å². The van der Waals surface area contributed by atoms with Gasteiger partial charge in [-0.15, -0.1) is 0 Å². The van der Waals surface area contributed by atoms with Gasteiger partial charge in [-0.25, -0.2) is 13.1 Å². The number of hydrogen-bond acceptors (Lipinski definition) is 4. The molecule has 3 rings (SSSR count). The molecule has 1 aromatic rings. The molecule has 1 saturated carbocycles. The van der Waals surface area contributed by atoms with Gasteiger partial charge in [-0.05, 0) is 24.8 Å². The average Bonchev–Trinajstić information content (AvgIpc) is 3.06. The van der Waals surface area contributed by atoms with E-state index >= 15 is 0 Å². The number of amides is 1. The van der Waals surface area contributed by atoms with Gasteiger partial charge >= 0.3 is 0 Å². The van der Waals surface area contributed by atoms with Gasteiger partial charge in [0, 0.05) is 24.2 Å². The number of methoxy groups -OCH3 is 1. The summed E-state index contributed by atoms with van der Waals surface area (Å²) in [5.41, 5.74) is 0.857. The molecule has 1 heterocycles. The molecule has 6 nitrogen and oxygen atoms in total. The molecule has 126 valence electrons. The molecule has 2 fully saturated rings. The van der Waals surface area contributed by atoms with E-state index in [1.807, 2.05) is 29.2 Å². The number of piperidine rings is 1. The molecule has 1 N–H and O–H groups in total. The third-order valence-electron chi connectivity index (χ3n) is 4.70. The van der Waals surface area contributed by atoms with Crippen molar-refractivity contribution in [2.75, 3.05) is 19.9 Å². The van der Waals surface area contributed by atoms with Gasteiger partial charge in [-0.1, -0.05) is 18.2 Å². The topological polar surface area (TPSA) is 75.7 Å². The zero-order valence-corrected chi connectivity index (χ0v) is 14.2. The third-order valence-corrected chi connectivity index (χ3v) is 5.43. The predicted molar refractivity (Wildman–Crippen MR) is 86.7 cm³/mol. The zero-order chi connectivity index (χ0) is 16.6. The molecule has 2 aliphatic rings. The van der Waals surface area contributed by atoms with Crippen LogP contribution >= 0.6 is 0 Å². The number of ether oxygens (including phenoxy) is 1. The molecular weight excluding hydrogens is 316 g/mol. The summed E-state index contributed by atoms with van der Waals surface area (Å²) >= 11 is 0. The van der Waals surface area contributed by atoms with Crippen LogP contribution in [-0.2, 0) is 21.2 Å². The van der Waals surface area contributed by atoms with E-state index < -0.39 is 10.0 Å². The number of nitrogens with one attached hydrogen (secondary N) is 1. The van der Waals surface area contributed by atoms with Gasteiger partial charge in [0.2, 0.25) is 15.9 Å². The molecule has 0 aromatic heterocycles. The SMILES string of the molecule is COc1ccccc1CC(=O)N1C[C@@H]2C[C@H](NS(C)(=O)=O)[C@H]1C2. The van der Waals surface area contributed by atoms with Gasteiger partial charge in [0.15, 0.2) is 0 Å². The van der Waals surface area contributed by atoms with E-state index in [1.165, 1.54) is 6.26 Å². The Kier molecular flexibility index (Phi) is 4.33. The van der Waals surface area contributed by atoms with Crippen molar-refractivity contribution in [3.05, 3.63) is 29.8 Å². The quantitative estimate of drug-likeness (QED) is 0.861. The fourth-order valence-corrected chi connectivity index (χ4v) is 4.63. The molecule has 1 amide bonds. The number of nitrogens with zero attached hydrogens (tertiary/aromatic N) is 1. The maximum Gasteiger partial charge on any atom is 0.227 e. The lowest BCUT2D eigenvalue weighted by Crippen LogP contribution is -2.52. The zero-order valence-electron chi connectivity index (χ0n) is 13.4. The summed E-state index contributed by atoms with van der Waals surface area (Å²) < 4.78 is 30.9. The molecule has 1 aromatic carbocycles. The minimum absolute atomic E-state index is 0.0296. The number of benzene rings is 1. The average molecular weight is 338 g/mol. The highest BCUT2D eigenvalue weighted by Gasteiger charge is 2.47. The molecule has 0 unspecified atom stereocenters. The molecule has 3 atom stereocenters. The summed E-state index contributed by atoms with van der Waals surface area (Å²) in [5, 5.41) is 0. The summed E-state index contributed by atoms with van der Waals surface area (Å²) in [6.07, 6.45) is 3.14. The lowest BCUT2D eigenvalue weighted by molar-refractivity contribution is -0.132. The predicted octanol–water partition coefficient (Wildman–Crippen LogP) is 0.776. The number of fused-ring (bicyclic) bond motifs is 2. The smallest absolute Gasteiger partial charge is 0.227 e. The highest BCUT2D eigenvalue weighted by molar-refractivity contribution is 7.88. The van der Waals surface area contributed by atoms with Gasteiger partial charge < -0.3 is 9.64 Å². The Morgan fingerprint density at radius 2 is 2.09 bits per heavy atom. The molecule has 0 radical (unpaired) electrons. The molecule has 23 heavy (non-hydrogen) atoms.